The van der Waals surface area contributed by atoms with Gasteiger partial charge in [0.25, 0.3) is 5.91 Å². The van der Waals surface area contributed by atoms with Crippen molar-refractivity contribution in [2.45, 2.75) is 13.3 Å². The summed E-state index contributed by atoms with van der Waals surface area (Å²) in [6.07, 6.45) is 0.854. The maximum atomic E-state index is 11.5. The van der Waals surface area contributed by atoms with Crippen molar-refractivity contribution in [2.24, 2.45) is 5.73 Å². The van der Waals surface area contributed by atoms with Gasteiger partial charge in [-0.2, -0.15) is 0 Å². The smallest absolute Gasteiger partial charge is 0.250 e. The average molecular weight is 276 g/mol. The third-order valence-corrected chi connectivity index (χ3v) is 3.57. The molecule has 1 aliphatic rings. The van der Waals surface area contributed by atoms with E-state index < -0.39 is 5.91 Å². The van der Waals surface area contributed by atoms with E-state index in [0.29, 0.717) is 24.3 Å². The van der Waals surface area contributed by atoms with Crippen LogP contribution in [0.4, 0.5) is 11.4 Å². The second-order valence-electron chi connectivity index (χ2n) is 4.99. The van der Waals surface area contributed by atoms with Crippen LogP contribution in [0.2, 0.25) is 0 Å². The van der Waals surface area contributed by atoms with Crippen LogP contribution in [0.3, 0.4) is 0 Å². The molecule has 0 bridgehead atoms. The number of hydrogen-bond acceptors (Lipinski definition) is 4. The zero-order valence-electron chi connectivity index (χ0n) is 11.6. The lowest BCUT2D eigenvalue weighted by molar-refractivity contribution is -0.128. The molecule has 1 saturated heterocycles. The number of benzene rings is 1. The lowest BCUT2D eigenvalue weighted by Gasteiger charge is -2.25. The van der Waals surface area contributed by atoms with Gasteiger partial charge in [0, 0.05) is 38.8 Å². The zero-order valence-corrected chi connectivity index (χ0v) is 11.6. The minimum atomic E-state index is -0.465. The first-order chi connectivity index (χ1) is 9.49. The van der Waals surface area contributed by atoms with Crippen LogP contribution in [-0.2, 0) is 4.79 Å². The van der Waals surface area contributed by atoms with Crippen molar-refractivity contribution in [1.82, 2.24) is 4.90 Å². The SMILES string of the molecule is CC(=O)N1CCCN(c2cc(N)ccc2C(N)=O)CC1. The highest BCUT2D eigenvalue weighted by atomic mass is 16.2. The highest BCUT2D eigenvalue weighted by Crippen LogP contribution is 2.24. The first kappa shape index (κ1) is 14.2. The predicted molar refractivity (Wildman–Crippen MR) is 78.5 cm³/mol. The summed E-state index contributed by atoms with van der Waals surface area (Å²) in [7, 11) is 0. The number of carbonyl (C=O) groups is 2. The Balaban J connectivity index is 2.25. The van der Waals surface area contributed by atoms with Gasteiger partial charge in [0.15, 0.2) is 0 Å². The molecule has 2 amide bonds. The molecule has 108 valence electrons. The Hall–Kier alpha value is -2.24. The summed E-state index contributed by atoms with van der Waals surface area (Å²) in [6.45, 7) is 4.39. The molecule has 20 heavy (non-hydrogen) atoms. The fraction of sp³-hybridized carbons (Fsp3) is 0.429. The number of primary amides is 1. The maximum Gasteiger partial charge on any atom is 0.250 e. The molecule has 0 saturated carbocycles. The summed E-state index contributed by atoms with van der Waals surface area (Å²) < 4.78 is 0. The van der Waals surface area contributed by atoms with Crippen molar-refractivity contribution >= 4 is 23.2 Å². The van der Waals surface area contributed by atoms with Gasteiger partial charge in [-0.05, 0) is 24.6 Å². The van der Waals surface area contributed by atoms with Gasteiger partial charge in [-0.15, -0.1) is 0 Å². The predicted octanol–water partition coefficient (Wildman–Crippen LogP) is 0.426. The van der Waals surface area contributed by atoms with Crippen molar-refractivity contribution in [1.29, 1.82) is 0 Å². The minimum absolute atomic E-state index is 0.0783. The topological polar surface area (TPSA) is 92.7 Å². The van der Waals surface area contributed by atoms with Crippen LogP contribution in [0.5, 0.6) is 0 Å². The van der Waals surface area contributed by atoms with Gasteiger partial charge in [-0.25, -0.2) is 0 Å². The molecule has 0 radical (unpaired) electrons. The number of nitrogen functional groups attached to an aromatic ring is 1. The number of carbonyl (C=O) groups excluding carboxylic acids is 2. The number of nitrogens with zero attached hydrogens (tertiary/aromatic N) is 2. The van der Waals surface area contributed by atoms with Crippen LogP contribution in [0.1, 0.15) is 23.7 Å². The fourth-order valence-electron chi connectivity index (χ4n) is 2.49. The average Bonchev–Trinajstić information content (AvgIpc) is 2.63. The third-order valence-electron chi connectivity index (χ3n) is 3.57. The van der Waals surface area contributed by atoms with Crippen LogP contribution < -0.4 is 16.4 Å². The van der Waals surface area contributed by atoms with Gasteiger partial charge in [-0.1, -0.05) is 0 Å². The van der Waals surface area contributed by atoms with Crippen molar-refractivity contribution in [3.63, 3.8) is 0 Å². The monoisotopic (exact) mass is 276 g/mol. The van der Waals surface area contributed by atoms with E-state index in [-0.39, 0.29) is 5.91 Å². The number of rotatable bonds is 2. The molecule has 0 aliphatic carbocycles. The molecular formula is C14H20N4O2. The lowest BCUT2D eigenvalue weighted by atomic mass is 10.1. The molecule has 1 aromatic carbocycles. The largest absolute Gasteiger partial charge is 0.399 e. The molecule has 0 aromatic heterocycles. The van der Waals surface area contributed by atoms with Crippen molar-refractivity contribution in [3.8, 4) is 0 Å². The number of nitrogens with two attached hydrogens (primary N) is 2. The Labute approximate surface area is 118 Å². The first-order valence-electron chi connectivity index (χ1n) is 6.69. The summed E-state index contributed by atoms with van der Waals surface area (Å²) in [4.78, 5) is 26.8. The van der Waals surface area contributed by atoms with Crippen molar-refractivity contribution in [2.75, 3.05) is 36.8 Å². The minimum Gasteiger partial charge on any atom is -0.399 e. The fourth-order valence-corrected chi connectivity index (χ4v) is 2.49. The number of amides is 2. The van der Waals surface area contributed by atoms with Crippen LogP contribution in [0, 0.1) is 0 Å². The summed E-state index contributed by atoms with van der Waals surface area (Å²) in [5, 5.41) is 0. The first-order valence-corrected chi connectivity index (χ1v) is 6.69. The second kappa shape index (κ2) is 5.81. The summed E-state index contributed by atoms with van der Waals surface area (Å²) in [5.74, 6) is -0.387. The van der Waals surface area contributed by atoms with Crippen LogP contribution in [0.25, 0.3) is 0 Å². The van der Waals surface area contributed by atoms with Crippen molar-refractivity contribution < 1.29 is 9.59 Å². The van der Waals surface area contributed by atoms with E-state index in [1.807, 2.05) is 4.90 Å². The highest BCUT2D eigenvalue weighted by Gasteiger charge is 2.20. The molecule has 4 N–H and O–H groups in total. The Morgan fingerprint density at radius 2 is 1.90 bits per heavy atom. The molecule has 1 aromatic rings. The molecule has 0 unspecified atom stereocenters. The molecule has 6 heteroatoms. The Kier molecular flexibility index (Phi) is 4.12. The number of hydrogen-bond donors (Lipinski definition) is 2. The van der Waals surface area contributed by atoms with Crippen LogP contribution in [-0.4, -0.2) is 42.9 Å². The third kappa shape index (κ3) is 3.01. The van der Waals surface area contributed by atoms with Gasteiger partial charge in [-0.3, -0.25) is 9.59 Å². The molecule has 0 spiro atoms. The van der Waals surface area contributed by atoms with Gasteiger partial charge >= 0.3 is 0 Å². The number of anilines is 2. The highest BCUT2D eigenvalue weighted by molar-refractivity contribution is 5.99. The van der Waals surface area contributed by atoms with E-state index in [0.717, 1.165) is 25.2 Å². The van der Waals surface area contributed by atoms with Gasteiger partial charge < -0.3 is 21.3 Å². The van der Waals surface area contributed by atoms with E-state index in [1.165, 1.54) is 0 Å². The van der Waals surface area contributed by atoms with E-state index in [1.54, 1.807) is 25.1 Å². The van der Waals surface area contributed by atoms with E-state index >= 15 is 0 Å². The lowest BCUT2D eigenvalue weighted by Crippen LogP contribution is -2.34. The van der Waals surface area contributed by atoms with E-state index in [4.69, 9.17) is 11.5 Å². The van der Waals surface area contributed by atoms with Gasteiger partial charge in [0.05, 0.1) is 11.3 Å². The molecular weight excluding hydrogens is 256 g/mol. The quantitative estimate of drug-likeness (QED) is 0.766. The molecule has 6 nitrogen and oxygen atoms in total. The molecule has 1 heterocycles. The molecule has 0 atom stereocenters. The summed E-state index contributed by atoms with van der Waals surface area (Å²) >= 11 is 0. The molecule has 1 fully saturated rings. The standard InChI is InChI=1S/C14H20N4O2/c1-10(19)17-5-2-6-18(8-7-17)13-9-11(15)3-4-12(13)14(16)20/h3-4,9H,2,5-8,15H2,1H3,(H2,16,20). The molecule has 2 rings (SSSR count). The van der Waals surface area contributed by atoms with E-state index in [2.05, 4.69) is 4.90 Å². The molecule has 1 aliphatic heterocycles. The zero-order chi connectivity index (χ0) is 14.7. The maximum absolute atomic E-state index is 11.5. The Morgan fingerprint density at radius 1 is 1.15 bits per heavy atom. The second-order valence-corrected chi connectivity index (χ2v) is 4.99. The van der Waals surface area contributed by atoms with E-state index in [9.17, 15) is 9.59 Å². The normalized spacial score (nSPS) is 15.8. The Bertz CT molecular complexity index is 530. The Morgan fingerprint density at radius 3 is 2.55 bits per heavy atom. The van der Waals surface area contributed by atoms with Gasteiger partial charge in [0.1, 0.15) is 0 Å². The van der Waals surface area contributed by atoms with Crippen LogP contribution in [0.15, 0.2) is 18.2 Å². The summed E-state index contributed by atoms with van der Waals surface area (Å²) in [6, 6.07) is 5.09. The van der Waals surface area contributed by atoms with Crippen LogP contribution >= 0.6 is 0 Å². The van der Waals surface area contributed by atoms with Gasteiger partial charge in [0.2, 0.25) is 5.91 Å². The van der Waals surface area contributed by atoms with Crippen molar-refractivity contribution in [3.05, 3.63) is 23.8 Å². The summed E-state index contributed by atoms with van der Waals surface area (Å²) in [5.41, 5.74) is 13.0.